The molecule has 7 nitrogen and oxygen atoms in total. The Balaban J connectivity index is 1.48. The van der Waals surface area contributed by atoms with Gasteiger partial charge in [0.1, 0.15) is 11.5 Å². The molecule has 1 aromatic carbocycles. The van der Waals surface area contributed by atoms with E-state index < -0.39 is 5.92 Å². The van der Waals surface area contributed by atoms with Crippen LogP contribution in [0.5, 0.6) is 0 Å². The second-order valence-electron chi connectivity index (χ2n) is 7.92. The molecule has 0 radical (unpaired) electrons. The highest BCUT2D eigenvalue weighted by Gasteiger charge is 2.39. The minimum Gasteiger partial charge on any atom is -0.463 e. The molecule has 0 spiro atoms. The van der Waals surface area contributed by atoms with Gasteiger partial charge in [-0.3, -0.25) is 19.3 Å². The molecule has 0 saturated carbocycles. The predicted molar refractivity (Wildman–Crippen MR) is 109 cm³/mol. The summed E-state index contributed by atoms with van der Waals surface area (Å²) in [5, 5.41) is 13.0. The number of benzene rings is 1. The lowest BCUT2D eigenvalue weighted by Gasteiger charge is -2.31. The van der Waals surface area contributed by atoms with E-state index in [1.54, 1.807) is 36.4 Å². The lowest BCUT2D eigenvalue weighted by Crippen LogP contribution is -2.31. The Bertz CT molecular complexity index is 1220. The standard InChI is InChI=1S/C24H19N3O4/c1-13-17(11-25)21(22-18(26-13)7-4-8-19(22)28)20-10-9-14(31-20)12-27-23(29)15-5-2-3-6-16(15)24(27)30/h2-3,5-6,9-10,21,26H,4,7-8,12H2,1H3/t21-/m1/s1. The number of hydrogen-bond donors (Lipinski definition) is 1. The molecule has 3 aliphatic rings. The summed E-state index contributed by atoms with van der Waals surface area (Å²) >= 11 is 0. The highest BCUT2D eigenvalue weighted by atomic mass is 16.3. The number of nitriles is 1. The van der Waals surface area contributed by atoms with Crippen molar-refractivity contribution in [1.29, 1.82) is 5.26 Å². The van der Waals surface area contributed by atoms with Crippen molar-refractivity contribution in [2.45, 2.75) is 38.6 Å². The SMILES string of the molecule is CC1=C(C#N)[C@H](c2ccc(CN3C(=O)c4ccccc4C3=O)o2)C2=C(CCCC2=O)N1. The maximum Gasteiger partial charge on any atom is 0.261 e. The van der Waals surface area contributed by atoms with Gasteiger partial charge in [-0.2, -0.15) is 5.26 Å². The first-order valence-corrected chi connectivity index (χ1v) is 10.2. The van der Waals surface area contributed by atoms with Crippen LogP contribution in [0.1, 0.15) is 64.3 Å². The second kappa shape index (κ2) is 7.10. The van der Waals surface area contributed by atoms with Crippen molar-refractivity contribution in [3.8, 4) is 6.07 Å². The summed E-state index contributed by atoms with van der Waals surface area (Å²) < 4.78 is 6.01. The van der Waals surface area contributed by atoms with Gasteiger partial charge in [0.05, 0.1) is 35.2 Å². The lowest BCUT2D eigenvalue weighted by molar-refractivity contribution is -0.116. The topological polar surface area (TPSA) is 103 Å². The van der Waals surface area contributed by atoms with Gasteiger partial charge in [0.15, 0.2) is 5.78 Å². The average Bonchev–Trinajstić information content (AvgIpc) is 3.32. The van der Waals surface area contributed by atoms with E-state index in [9.17, 15) is 19.6 Å². The Hall–Kier alpha value is -3.92. The number of rotatable bonds is 3. The maximum atomic E-state index is 12.7. The number of fused-ring (bicyclic) bond motifs is 1. The number of imide groups is 1. The number of amides is 2. The predicted octanol–water partition coefficient (Wildman–Crippen LogP) is 3.57. The summed E-state index contributed by atoms with van der Waals surface area (Å²) in [6, 6.07) is 12.3. The van der Waals surface area contributed by atoms with E-state index in [4.69, 9.17) is 4.42 Å². The molecule has 31 heavy (non-hydrogen) atoms. The highest BCUT2D eigenvalue weighted by molar-refractivity contribution is 6.21. The van der Waals surface area contributed by atoms with Gasteiger partial charge in [0.2, 0.25) is 0 Å². The molecule has 5 rings (SSSR count). The number of Topliss-reactive ketones (excluding diaryl/α,β-unsaturated/α-hetero) is 1. The minimum atomic E-state index is -0.579. The summed E-state index contributed by atoms with van der Waals surface area (Å²) in [6.45, 7) is 1.80. The number of hydrogen-bond acceptors (Lipinski definition) is 6. The maximum absolute atomic E-state index is 12.7. The van der Waals surface area contributed by atoms with Crippen LogP contribution in [0, 0.1) is 11.3 Å². The molecule has 1 atom stereocenters. The Morgan fingerprint density at radius 2 is 1.81 bits per heavy atom. The minimum absolute atomic E-state index is 0.0114. The number of nitrogens with zero attached hydrogens (tertiary/aromatic N) is 2. The fourth-order valence-electron chi connectivity index (χ4n) is 4.59. The van der Waals surface area contributed by atoms with Crippen molar-refractivity contribution < 1.29 is 18.8 Å². The number of carbonyl (C=O) groups is 3. The monoisotopic (exact) mass is 413 g/mol. The van der Waals surface area contributed by atoms with Crippen molar-refractivity contribution in [1.82, 2.24) is 10.2 Å². The average molecular weight is 413 g/mol. The van der Waals surface area contributed by atoms with Crippen molar-refractivity contribution in [2.75, 3.05) is 0 Å². The van der Waals surface area contributed by atoms with Gasteiger partial charge in [0.25, 0.3) is 11.8 Å². The van der Waals surface area contributed by atoms with Gasteiger partial charge in [-0.25, -0.2) is 0 Å². The van der Waals surface area contributed by atoms with Crippen LogP contribution in [0.15, 0.2) is 63.4 Å². The van der Waals surface area contributed by atoms with E-state index in [0.29, 0.717) is 45.9 Å². The lowest BCUT2D eigenvalue weighted by atomic mass is 9.78. The normalized spacial score (nSPS) is 20.6. The highest BCUT2D eigenvalue weighted by Crippen LogP contribution is 2.42. The number of allylic oxidation sites excluding steroid dienone is 4. The molecule has 0 bridgehead atoms. The quantitative estimate of drug-likeness (QED) is 0.772. The summed E-state index contributed by atoms with van der Waals surface area (Å²) in [7, 11) is 0. The number of dihydropyridines is 1. The fraction of sp³-hybridized carbons (Fsp3) is 0.250. The molecule has 0 unspecified atom stereocenters. The van der Waals surface area contributed by atoms with E-state index in [1.165, 1.54) is 0 Å². The zero-order valence-electron chi connectivity index (χ0n) is 16.9. The van der Waals surface area contributed by atoms with Gasteiger partial charge < -0.3 is 9.73 Å². The molecular formula is C24H19N3O4. The molecule has 2 aliphatic heterocycles. The van der Waals surface area contributed by atoms with Crippen LogP contribution in [-0.2, 0) is 11.3 Å². The third-order valence-electron chi connectivity index (χ3n) is 6.06. The zero-order valence-corrected chi connectivity index (χ0v) is 16.9. The Morgan fingerprint density at radius 1 is 1.10 bits per heavy atom. The molecule has 1 aromatic heterocycles. The van der Waals surface area contributed by atoms with Crippen LogP contribution in [0.25, 0.3) is 0 Å². The largest absolute Gasteiger partial charge is 0.463 e. The molecule has 154 valence electrons. The molecule has 7 heteroatoms. The van der Waals surface area contributed by atoms with Crippen molar-refractivity contribution in [3.63, 3.8) is 0 Å². The van der Waals surface area contributed by atoms with Crippen LogP contribution in [0.4, 0.5) is 0 Å². The van der Waals surface area contributed by atoms with E-state index in [1.807, 2.05) is 6.92 Å². The second-order valence-corrected chi connectivity index (χ2v) is 7.92. The molecule has 2 aromatic rings. The summed E-state index contributed by atoms with van der Waals surface area (Å²) in [5.41, 5.74) is 3.33. The molecule has 1 N–H and O–H groups in total. The Kier molecular flexibility index (Phi) is 4.36. The summed E-state index contributed by atoms with van der Waals surface area (Å²) in [5.74, 6) is -0.403. The fourth-order valence-corrected chi connectivity index (χ4v) is 4.59. The van der Waals surface area contributed by atoms with Crippen LogP contribution >= 0.6 is 0 Å². The van der Waals surface area contributed by atoms with Crippen LogP contribution in [0.3, 0.4) is 0 Å². The molecule has 2 amide bonds. The van der Waals surface area contributed by atoms with E-state index in [2.05, 4.69) is 11.4 Å². The molecular weight excluding hydrogens is 394 g/mol. The van der Waals surface area contributed by atoms with Gasteiger partial charge in [-0.15, -0.1) is 0 Å². The molecule has 3 heterocycles. The third kappa shape index (κ3) is 2.91. The smallest absolute Gasteiger partial charge is 0.261 e. The van der Waals surface area contributed by atoms with Gasteiger partial charge in [-0.1, -0.05) is 12.1 Å². The molecule has 0 saturated heterocycles. The summed E-state index contributed by atoms with van der Waals surface area (Å²) in [6.07, 6.45) is 1.96. The van der Waals surface area contributed by atoms with Crippen LogP contribution in [-0.4, -0.2) is 22.5 Å². The summed E-state index contributed by atoms with van der Waals surface area (Å²) in [4.78, 5) is 39.1. The zero-order chi connectivity index (χ0) is 21.7. The number of carbonyl (C=O) groups excluding carboxylic acids is 3. The van der Waals surface area contributed by atoms with Gasteiger partial charge >= 0.3 is 0 Å². The van der Waals surface area contributed by atoms with E-state index >= 15 is 0 Å². The Labute approximate surface area is 178 Å². The third-order valence-corrected chi connectivity index (χ3v) is 6.06. The van der Waals surface area contributed by atoms with Crippen molar-refractivity contribution in [2.24, 2.45) is 0 Å². The molecule has 1 aliphatic carbocycles. The first-order chi connectivity index (χ1) is 15.0. The number of furan rings is 1. The molecule has 0 fully saturated rings. The van der Waals surface area contributed by atoms with Gasteiger partial charge in [0, 0.05) is 23.4 Å². The number of nitrogens with one attached hydrogen (secondary N) is 1. The van der Waals surface area contributed by atoms with Crippen molar-refractivity contribution in [3.05, 3.63) is 81.6 Å². The van der Waals surface area contributed by atoms with E-state index in [0.717, 1.165) is 23.4 Å². The van der Waals surface area contributed by atoms with Crippen LogP contribution in [0.2, 0.25) is 0 Å². The van der Waals surface area contributed by atoms with Gasteiger partial charge in [-0.05, 0) is 44.0 Å². The first kappa shape index (κ1) is 19.1. The number of ketones is 1. The Morgan fingerprint density at radius 3 is 2.48 bits per heavy atom. The van der Waals surface area contributed by atoms with Crippen molar-refractivity contribution >= 4 is 17.6 Å². The van der Waals surface area contributed by atoms with E-state index in [-0.39, 0.29) is 24.1 Å². The van der Waals surface area contributed by atoms with Crippen LogP contribution < -0.4 is 5.32 Å². The first-order valence-electron chi connectivity index (χ1n) is 10.2.